The maximum absolute atomic E-state index is 12.8. The maximum atomic E-state index is 12.8. The lowest BCUT2D eigenvalue weighted by Crippen LogP contribution is -2.45. The Morgan fingerprint density at radius 3 is 2.52 bits per heavy atom. The minimum absolute atomic E-state index is 0.207. The number of ether oxygens (including phenoxy) is 1. The van der Waals surface area contributed by atoms with Gasteiger partial charge in [-0.05, 0) is 30.8 Å². The van der Waals surface area contributed by atoms with Gasteiger partial charge in [0.25, 0.3) is 0 Å². The van der Waals surface area contributed by atoms with Crippen molar-refractivity contribution in [1.82, 2.24) is 19.9 Å². The highest BCUT2D eigenvalue weighted by Crippen LogP contribution is 2.13. The van der Waals surface area contributed by atoms with Crippen LogP contribution in [0.1, 0.15) is 18.6 Å². The predicted molar refractivity (Wildman–Crippen MR) is 82.4 cm³/mol. The van der Waals surface area contributed by atoms with E-state index in [4.69, 9.17) is 9.26 Å². The van der Waals surface area contributed by atoms with Crippen molar-refractivity contribution in [2.24, 2.45) is 0 Å². The fourth-order valence-corrected chi connectivity index (χ4v) is 2.55. The summed E-state index contributed by atoms with van der Waals surface area (Å²) in [7, 11) is 0. The summed E-state index contributed by atoms with van der Waals surface area (Å²) in [5.41, 5.74) is 0. The average Bonchev–Trinajstić information content (AvgIpc) is 3.02. The van der Waals surface area contributed by atoms with E-state index in [2.05, 4.69) is 26.9 Å². The van der Waals surface area contributed by atoms with Crippen molar-refractivity contribution in [3.63, 3.8) is 0 Å². The van der Waals surface area contributed by atoms with E-state index in [0.717, 1.165) is 32.7 Å². The zero-order valence-corrected chi connectivity index (χ0v) is 13.2. The minimum atomic E-state index is -0.289. The number of hydrogen-bond donors (Lipinski definition) is 0. The zero-order valence-electron chi connectivity index (χ0n) is 13.2. The molecule has 1 fully saturated rings. The molecular formula is C16H21FN4O2. The first-order valence-corrected chi connectivity index (χ1v) is 7.87. The molecule has 0 bridgehead atoms. The summed E-state index contributed by atoms with van der Waals surface area (Å²) >= 11 is 0. The van der Waals surface area contributed by atoms with E-state index in [1.807, 2.05) is 0 Å². The van der Waals surface area contributed by atoms with Crippen LogP contribution in [-0.2, 0) is 13.2 Å². The molecule has 1 aliphatic heterocycles. The zero-order chi connectivity index (χ0) is 16.1. The number of aromatic nitrogens is 2. The summed E-state index contributed by atoms with van der Waals surface area (Å²) in [5, 5.41) is 3.92. The van der Waals surface area contributed by atoms with Gasteiger partial charge in [0.15, 0.2) is 6.61 Å². The highest BCUT2D eigenvalue weighted by molar-refractivity contribution is 5.22. The monoisotopic (exact) mass is 320 g/mol. The molecule has 1 aromatic carbocycles. The molecule has 0 spiro atoms. The lowest BCUT2D eigenvalue weighted by molar-refractivity contribution is 0.121. The van der Waals surface area contributed by atoms with Crippen molar-refractivity contribution in [3.05, 3.63) is 41.8 Å². The molecule has 0 atom stereocenters. The third kappa shape index (κ3) is 4.49. The highest BCUT2D eigenvalue weighted by atomic mass is 19.1. The molecule has 1 aliphatic rings. The van der Waals surface area contributed by atoms with Crippen LogP contribution in [-0.4, -0.2) is 52.7 Å². The van der Waals surface area contributed by atoms with Gasteiger partial charge in [-0.3, -0.25) is 4.90 Å². The number of nitrogens with zero attached hydrogens (tertiary/aromatic N) is 4. The lowest BCUT2D eigenvalue weighted by atomic mass is 10.3. The summed E-state index contributed by atoms with van der Waals surface area (Å²) in [6.45, 7) is 8.33. The Balaban J connectivity index is 1.47. The van der Waals surface area contributed by atoms with E-state index in [9.17, 15) is 4.39 Å². The van der Waals surface area contributed by atoms with Crippen LogP contribution in [0.4, 0.5) is 4.39 Å². The molecule has 0 radical (unpaired) electrons. The summed E-state index contributed by atoms with van der Waals surface area (Å²) in [5.74, 6) is 1.39. The van der Waals surface area contributed by atoms with Crippen LogP contribution in [0.3, 0.4) is 0 Å². The number of hydrogen-bond acceptors (Lipinski definition) is 6. The van der Waals surface area contributed by atoms with Gasteiger partial charge in [-0.1, -0.05) is 12.1 Å². The molecule has 0 N–H and O–H groups in total. The van der Waals surface area contributed by atoms with E-state index in [0.29, 0.717) is 24.0 Å². The Labute approximate surface area is 134 Å². The van der Waals surface area contributed by atoms with E-state index in [1.54, 1.807) is 12.1 Å². The highest BCUT2D eigenvalue weighted by Gasteiger charge is 2.18. The Morgan fingerprint density at radius 2 is 1.83 bits per heavy atom. The normalized spacial score (nSPS) is 16.6. The Hall–Kier alpha value is -1.99. The van der Waals surface area contributed by atoms with Gasteiger partial charge in [-0.25, -0.2) is 4.39 Å². The van der Waals surface area contributed by atoms with Crippen LogP contribution in [0.25, 0.3) is 0 Å². The first kappa shape index (κ1) is 15.9. The minimum Gasteiger partial charge on any atom is -0.485 e. The molecule has 7 heteroatoms. The summed E-state index contributed by atoms with van der Waals surface area (Å²) < 4.78 is 23.6. The SMILES string of the molecule is CCN1CCN(Cc2nc(COc3ccc(F)cc3)no2)CC1. The Kier molecular flexibility index (Phi) is 5.19. The molecular weight excluding hydrogens is 299 g/mol. The maximum Gasteiger partial charge on any atom is 0.240 e. The largest absolute Gasteiger partial charge is 0.485 e. The molecule has 0 aliphatic carbocycles. The molecule has 0 saturated carbocycles. The Morgan fingerprint density at radius 1 is 1.13 bits per heavy atom. The van der Waals surface area contributed by atoms with Crippen molar-refractivity contribution < 1.29 is 13.7 Å². The van der Waals surface area contributed by atoms with Crippen LogP contribution >= 0.6 is 0 Å². The molecule has 1 saturated heterocycles. The molecule has 0 unspecified atom stereocenters. The quantitative estimate of drug-likeness (QED) is 0.810. The fourth-order valence-electron chi connectivity index (χ4n) is 2.55. The van der Waals surface area contributed by atoms with Gasteiger partial charge in [0.2, 0.25) is 11.7 Å². The van der Waals surface area contributed by atoms with Gasteiger partial charge in [-0.15, -0.1) is 0 Å². The van der Waals surface area contributed by atoms with Crippen molar-refractivity contribution >= 4 is 0 Å². The molecule has 0 amide bonds. The lowest BCUT2D eigenvalue weighted by Gasteiger charge is -2.33. The first-order chi connectivity index (χ1) is 11.2. The molecule has 3 rings (SSSR count). The van der Waals surface area contributed by atoms with Crippen molar-refractivity contribution in [1.29, 1.82) is 0 Å². The number of halogens is 1. The van der Waals surface area contributed by atoms with Crippen LogP contribution in [0.5, 0.6) is 5.75 Å². The van der Waals surface area contributed by atoms with Gasteiger partial charge in [-0.2, -0.15) is 4.98 Å². The van der Waals surface area contributed by atoms with Crippen LogP contribution in [0, 0.1) is 5.82 Å². The van der Waals surface area contributed by atoms with E-state index >= 15 is 0 Å². The van der Waals surface area contributed by atoms with Crippen LogP contribution in [0.2, 0.25) is 0 Å². The second kappa shape index (κ2) is 7.52. The van der Waals surface area contributed by atoms with Gasteiger partial charge < -0.3 is 14.2 Å². The molecule has 124 valence electrons. The van der Waals surface area contributed by atoms with E-state index in [-0.39, 0.29) is 12.4 Å². The number of benzene rings is 1. The summed E-state index contributed by atoms with van der Waals surface area (Å²) in [6, 6.07) is 5.85. The van der Waals surface area contributed by atoms with Gasteiger partial charge >= 0.3 is 0 Å². The van der Waals surface area contributed by atoms with Gasteiger partial charge in [0.05, 0.1) is 6.54 Å². The molecule has 1 aromatic heterocycles. The molecule has 6 nitrogen and oxygen atoms in total. The molecule has 23 heavy (non-hydrogen) atoms. The summed E-state index contributed by atoms with van der Waals surface area (Å²) in [6.07, 6.45) is 0. The van der Waals surface area contributed by atoms with Crippen molar-refractivity contribution in [3.8, 4) is 5.75 Å². The average molecular weight is 320 g/mol. The predicted octanol–water partition coefficient (Wildman–Crippen LogP) is 1.93. The molecule has 2 heterocycles. The second-order valence-electron chi connectivity index (χ2n) is 5.56. The summed E-state index contributed by atoms with van der Waals surface area (Å²) in [4.78, 5) is 9.08. The second-order valence-corrected chi connectivity index (χ2v) is 5.56. The van der Waals surface area contributed by atoms with E-state index < -0.39 is 0 Å². The van der Waals surface area contributed by atoms with Gasteiger partial charge in [0, 0.05) is 26.2 Å². The van der Waals surface area contributed by atoms with Gasteiger partial charge in [0.1, 0.15) is 11.6 Å². The van der Waals surface area contributed by atoms with Crippen LogP contribution in [0.15, 0.2) is 28.8 Å². The third-order valence-corrected chi connectivity index (χ3v) is 3.96. The fraction of sp³-hybridized carbons (Fsp3) is 0.500. The number of likely N-dealkylation sites (N-methyl/N-ethyl adjacent to an activating group) is 1. The van der Waals surface area contributed by atoms with E-state index in [1.165, 1.54) is 12.1 Å². The Bertz CT molecular complexity index is 609. The standard InChI is InChI=1S/C16H21FN4O2/c1-2-20-7-9-21(10-8-20)11-16-18-15(19-23-16)12-22-14-5-3-13(17)4-6-14/h3-6H,2,7-12H2,1H3. The smallest absolute Gasteiger partial charge is 0.240 e. The number of rotatable bonds is 6. The third-order valence-electron chi connectivity index (χ3n) is 3.96. The molecule has 2 aromatic rings. The number of piperazine rings is 1. The van der Waals surface area contributed by atoms with Crippen molar-refractivity contribution in [2.45, 2.75) is 20.1 Å². The van der Waals surface area contributed by atoms with Crippen molar-refractivity contribution in [2.75, 3.05) is 32.7 Å². The van der Waals surface area contributed by atoms with Crippen LogP contribution < -0.4 is 4.74 Å². The first-order valence-electron chi connectivity index (χ1n) is 7.87. The topological polar surface area (TPSA) is 54.6 Å².